The molecule has 0 aliphatic carbocycles. The average Bonchev–Trinajstić information content (AvgIpc) is 2.21. The molecule has 1 fully saturated rings. The van der Waals surface area contributed by atoms with Crippen molar-refractivity contribution >= 4 is 27.7 Å². The number of halogens is 1. The summed E-state index contributed by atoms with van der Waals surface area (Å²) in [5.41, 5.74) is 0. The molecule has 1 N–H and O–H groups in total. The third-order valence-corrected chi connectivity index (χ3v) is 3.46. The summed E-state index contributed by atoms with van der Waals surface area (Å²) in [6.07, 6.45) is 1.81. The first-order chi connectivity index (χ1) is 7.07. The van der Waals surface area contributed by atoms with Gasteiger partial charge in [0, 0.05) is 13.1 Å². The van der Waals surface area contributed by atoms with E-state index in [1.807, 2.05) is 6.92 Å². The van der Waals surface area contributed by atoms with E-state index < -0.39 is 0 Å². The van der Waals surface area contributed by atoms with Crippen LogP contribution in [0.1, 0.15) is 26.7 Å². The molecule has 0 spiro atoms. The van der Waals surface area contributed by atoms with Crippen LogP contribution in [0.25, 0.3) is 0 Å². The van der Waals surface area contributed by atoms with Gasteiger partial charge in [-0.1, -0.05) is 15.9 Å². The molecule has 0 bridgehead atoms. The van der Waals surface area contributed by atoms with Crippen molar-refractivity contribution in [1.82, 2.24) is 10.2 Å². The van der Waals surface area contributed by atoms with E-state index in [0.29, 0.717) is 13.1 Å². The fourth-order valence-electron chi connectivity index (χ4n) is 1.70. The highest BCUT2D eigenvalue weighted by atomic mass is 79.9. The Kier molecular flexibility index (Phi) is 4.57. The van der Waals surface area contributed by atoms with Crippen LogP contribution in [0, 0.1) is 0 Å². The topological polar surface area (TPSA) is 49.4 Å². The van der Waals surface area contributed by atoms with Crippen LogP contribution in [0.3, 0.4) is 0 Å². The lowest BCUT2D eigenvalue weighted by Crippen LogP contribution is -2.52. The Hall–Kier alpha value is -0.580. The van der Waals surface area contributed by atoms with Crippen molar-refractivity contribution in [2.24, 2.45) is 0 Å². The molecular formula is C10H17BrN2O2. The highest BCUT2D eigenvalue weighted by molar-refractivity contribution is 9.10. The van der Waals surface area contributed by atoms with Gasteiger partial charge in [0.1, 0.15) is 6.04 Å². The maximum Gasteiger partial charge on any atom is 0.242 e. The molecule has 2 unspecified atom stereocenters. The highest BCUT2D eigenvalue weighted by Gasteiger charge is 2.32. The summed E-state index contributed by atoms with van der Waals surface area (Å²) < 4.78 is 0. The lowest BCUT2D eigenvalue weighted by atomic mass is 10.1. The molecule has 2 amide bonds. The first-order valence-electron chi connectivity index (χ1n) is 5.30. The third kappa shape index (κ3) is 2.93. The van der Waals surface area contributed by atoms with Crippen molar-refractivity contribution < 1.29 is 9.59 Å². The maximum atomic E-state index is 11.8. The zero-order valence-electron chi connectivity index (χ0n) is 9.12. The van der Waals surface area contributed by atoms with E-state index in [9.17, 15) is 9.59 Å². The zero-order valence-corrected chi connectivity index (χ0v) is 10.7. The summed E-state index contributed by atoms with van der Waals surface area (Å²) in [7, 11) is 0. The van der Waals surface area contributed by atoms with Gasteiger partial charge in [0.2, 0.25) is 11.8 Å². The third-order valence-electron chi connectivity index (χ3n) is 2.61. The highest BCUT2D eigenvalue weighted by Crippen LogP contribution is 2.20. The summed E-state index contributed by atoms with van der Waals surface area (Å²) in [5.74, 6) is -0.0487. The van der Waals surface area contributed by atoms with Crippen LogP contribution in [0.2, 0.25) is 0 Å². The lowest BCUT2D eigenvalue weighted by molar-refractivity contribution is -0.141. The van der Waals surface area contributed by atoms with Gasteiger partial charge in [0.15, 0.2) is 0 Å². The van der Waals surface area contributed by atoms with Crippen LogP contribution < -0.4 is 5.32 Å². The molecule has 86 valence electrons. The number of carbonyl (C=O) groups is 2. The second kappa shape index (κ2) is 5.49. The van der Waals surface area contributed by atoms with Crippen molar-refractivity contribution in [2.45, 2.75) is 37.6 Å². The largest absolute Gasteiger partial charge is 0.355 e. The number of alkyl halides is 1. The van der Waals surface area contributed by atoms with Gasteiger partial charge in [-0.2, -0.15) is 0 Å². The number of carbonyl (C=O) groups excluding carboxylic acids is 2. The van der Waals surface area contributed by atoms with E-state index in [1.165, 1.54) is 0 Å². The Morgan fingerprint density at radius 1 is 1.73 bits per heavy atom. The fraction of sp³-hybridized carbons (Fsp3) is 0.800. The van der Waals surface area contributed by atoms with Crippen LogP contribution in [0.5, 0.6) is 0 Å². The van der Waals surface area contributed by atoms with Crippen molar-refractivity contribution in [3.63, 3.8) is 0 Å². The van der Waals surface area contributed by atoms with Gasteiger partial charge in [0.05, 0.1) is 4.83 Å². The number of likely N-dealkylation sites (N-methyl/N-ethyl adjacent to an activating group) is 1. The zero-order chi connectivity index (χ0) is 11.4. The molecule has 0 radical (unpaired) electrons. The van der Waals surface area contributed by atoms with Gasteiger partial charge in [-0.3, -0.25) is 9.59 Å². The Morgan fingerprint density at radius 2 is 2.40 bits per heavy atom. The molecule has 1 rings (SSSR count). The predicted octanol–water partition coefficient (Wildman–Crippen LogP) is 0.897. The Bertz CT molecular complexity index is 258. The molecular weight excluding hydrogens is 260 g/mol. The van der Waals surface area contributed by atoms with E-state index in [0.717, 1.165) is 12.8 Å². The second-order valence-electron chi connectivity index (χ2n) is 3.71. The summed E-state index contributed by atoms with van der Waals surface area (Å²) in [5, 5.41) is 2.73. The van der Waals surface area contributed by atoms with E-state index in [4.69, 9.17) is 0 Å². The molecule has 15 heavy (non-hydrogen) atoms. The van der Waals surface area contributed by atoms with E-state index in [2.05, 4.69) is 21.2 Å². The number of likely N-dealkylation sites (tertiary alicyclic amines) is 1. The second-order valence-corrected chi connectivity index (χ2v) is 4.82. The van der Waals surface area contributed by atoms with Gasteiger partial charge < -0.3 is 10.2 Å². The smallest absolute Gasteiger partial charge is 0.242 e. The van der Waals surface area contributed by atoms with Gasteiger partial charge in [-0.05, 0) is 26.7 Å². The van der Waals surface area contributed by atoms with Crippen LogP contribution in [-0.2, 0) is 9.59 Å². The van der Waals surface area contributed by atoms with Gasteiger partial charge in [-0.15, -0.1) is 0 Å². The number of hydrogen-bond donors (Lipinski definition) is 1. The standard InChI is InChI=1S/C10H17BrN2O2/c1-3-12-9(14)7(2)13-6-4-5-8(11)10(13)15/h7-8H,3-6H2,1-2H3,(H,12,14). The van der Waals surface area contributed by atoms with Crippen molar-refractivity contribution in [1.29, 1.82) is 0 Å². The summed E-state index contributed by atoms with van der Waals surface area (Å²) in [6.45, 7) is 4.92. The van der Waals surface area contributed by atoms with Crippen molar-refractivity contribution in [3.05, 3.63) is 0 Å². The first-order valence-corrected chi connectivity index (χ1v) is 6.21. The quantitative estimate of drug-likeness (QED) is 0.779. The molecule has 0 aromatic carbocycles. The van der Waals surface area contributed by atoms with E-state index in [1.54, 1.807) is 11.8 Å². The van der Waals surface area contributed by atoms with Gasteiger partial charge >= 0.3 is 0 Å². The van der Waals surface area contributed by atoms with Gasteiger partial charge in [0.25, 0.3) is 0 Å². The average molecular weight is 277 g/mol. The SMILES string of the molecule is CCNC(=O)C(C)N1CCCC(Br)C1=O. The number of piperidine rings is 1. The molecule has 5 heteroatoms. The predicted molar refractivity (Wildman–Crippen MR) is 61.8 cm³/mol. The Morgan fingerprint density at radius 3 is 3.00 bits per heavy atom. The lowest BCUT2D eigenvalue weighted by Gasteiger charge is -2.33. The monoisotopic (exact) mass is 276 g/mol. The Balaban J connectivity index is 2.61. The van der Waals surface area contributed by atoms with Crippen LogP contribution in [0.15, 0.2) is 0 Å². The number of nitrogens with zero attached hydrogens (tertiary/aromatic N) is 1. The minimum absolute atomic E-state index is 0.0278. The Labute approximate surface area is 98.5 Å². The molecule has 1 aliphatic heterocycles. The number of rotatable bonds is 3. The minimum atomic E-state index is -0.363. The van der Waals surface area contributed by atoms with E-state index in [-0.39, 0.29) is 22.7 Å². The van der Waals surface area contributed by atoms with Crippen molar-refractivity contribution in [2.75, 3.05) is 13.1 Å². The first kappa shape index (κ1) is 12.5. The maximum absolute atomic E-state index is 11.8. The minimum Gasteiger partial charge on any atom is -0.355 e. The summed E-state index contributed by atoms with van der Waals surface area (Å²) in [6, 6.07) is -0.363. The normalized spacial score (nSPS) is 23.8. The number of amides is 2. The van der Waals surface area contributed by atoms with E-state index >= 15 is 0 Å². The molecule has 0 aromatic heterocycles. The van der Waals surface area contributed by atoms with Crippen LogP contribution >= 0.6 is 15.9 Å². The van der Waals surface area contributed by atoms with Crippen LogP contribution in [0.4, 0.5) is 0 Å². The number of hydrogen-bond acceptors (Lipinski definition) is 2. The molecule has 1 heterocycles. The molecule has 0 aromatic rings. The molecule has 2 atom stereocenters. The van der Waals surface area contributed by atoms with Crippen LogP contribution in [-0.4, -0.2) is 40.7 Å². The molecule has 4 nitrogen and oxygen atoms in total. The molecule has 1 aliphatic rings. The number of nitrogens with one attached hydrogen (secondary N) is 1. The molecule has 0 saturated carbocycles. The van der Waals surface area contributed by atoms with Gasteiger partial charge in [-0.25, -0.2) is 0 Å². The summed E-state index contributed by atoms with van der Waals surface area (Å²) >= 11 is 3.33. The summed E-state index contributed by atoms with van der Waals surface area (Å²) in [4.78, 5) is 24.9. The van der Waals surface area contributed by atoms with Crippen molar-refractivity contribution in [3.8, 4) is 0 Å². The molecule has 1 saturated heterocycles. The fourth-order valence-corrected chi connectivity index (χ4v) is 2.29.